The molecule has 1 N–H and O–H groups in total. The van der Waals surface area contributed by atoms with Crippen LogP contribution in [0.2, 0.25) is 0 Å². The molecule has 0 radical (unpaired) electrons. The number of cyclic esters (lactones) is 1. The van der Waals surface area contributed by atoms with Crippen molar-refractivity contribution in [2.24, 2.45) is 17.8 Å². The normalized spacial score (nSPS) is 28.1. The van der Waals surface area contributed by atoms with E-state index in [1.807, 2.05) is 13.8 Å². The highest BCUT2D eigenvalue weighted by Crippen LogP contribution is 2.54. The van der Waals surface area contributed by atoms with Crippen molar-refractivity contribution in [2.75, 3.05) is 0 Å². The number of esters is 4. The van der Waals surface area contributed by atoms with Crippen LogP contribution in [0.25, 0.3) is 0 Å². The van der Waals surface area contributed by atoms with Crippen LogP contribution in [0.1, 0.15) is 78.6 Å². The van der Waals surface area contributed by atoms with E-state index < -0.39 is 76.0 Å². The molecule has 0 aromatic carbocycles. The average Bonchev–Trinajstić information content (AvgIpc) is 3.57. The lowest BCUT2D eigenvalue weighted by Crippen LogP contribution is -2.46. The van der Waals surface area contributed by atoms with E-state index in [1.54, 1.807) is 0 Å². The predicted molar refractivity (Wildman–Crippen MR) is 124 cm³/mol. The third kappa shape index (κ3) is 6.27. The Bertz CT molecular complexity index is 1040. The fourth-order valence-electron chi connectivity index (χ4n) is 5.90. The number of halogens is 2. The van der Waals surface area contributed by atoms with E-state index in [2.05, 4.69) is 4.74 Å². The zero-order valence-corrected chi connectivity index (χ0v) is 22.3. The van der Waals surface area contributed by atoms with E-state index in [-0.39, 0.29) is 12.3 Å². The van der Waals surface area contributed by atoms with E-state index in [9.17, 15) is 36.4 Å². The maximum absolute atomic E-state index is 13.5. The van der Waals surface area contributed by atoms with Crippen molar-refractivity contribution < 1.29 is 59.9 Å². The first-order valence-electron chi connectivity index (χ1n) is 12.8. The van der Waals surface area contributed by atoms with Gasteiger partial charge in [0.15, 0.2) is 6.10 Å². The van der Waals surface area contributed by atoms with E-state index in [0.717, 1.165) is 19.3 Å². The Morgan fingerprint density at radius 3 is 2.24 bits per heavy atom. The zero-order chi connectivity index (χ0) is 28.5. The van der Waals surface area contributed by atoms with Crippen LogP contribution in [0.3, 0.4) is 0 Å². The minimum absolute atomic E-state index is 0.242. The lowest BCUT2D eigenvalue weighted by Gasteiger charge is -2.41. The van der Waals surface area contributed by atoms with Crippen molar-refractivity contribution in [3.63, 3.8) is 0 Å². The molecule has 216 valence electrons. The summed E-state index contributed by atoms with van der Waals surface area (Å²) < 4.78 is 77.3. The number of carbonyl (C=O) groups is 4. The smallest absolute Gasteiger partial charge is 0.405 e. The fourth-order valence-corrected chi connectivity index (χ4v) is 6.37. The average molecular weight is 569 g/mol. The second kappa shape index (κ2) is 11.4. The van der Waals surface area contributed by atoms with Gasteiger partial charge in [0.1, 0.15) is 5.60 Å². The van der Waals surface area contributed by atoms with Gasteiger partial charge in [-0.1, -0.05) is 20.3 Å². The number of hydrogen-bond donors (Lipinski definition) is 1. The van der Waals surface area contributed by atoms with Crippen molar-refractivity contribution in [2.45, 2.75) is 108 Å². The summed E-state index contributed by atoms with van der Waals surface area (Å²) in [5.74, 6) is -2.69. The Kier molecular flexibility index (Phi) is 9.06. The number of hydrogen-bond acceptors (Lipinski definition) is 10. The number of fused-ring (bicyclic) bond motifs is 2. The molecule has 14 heteroatoms. The summed E-state index contributed by atoms with van der Waals surface area (Å²) in [4.78, 5) is 49.0. The van der Waals surface area contributed by atoms with Crippen LogP contribution >= 0.6 is 0 Å². The molecule has 3 aliphatic rings. The van der Waals surface area contributed by atoms with E-state index in [1.165, 1.54) is 6.42 Å². The van der Waals surface area contributed by atoms with E-state index >= 15 is 0 Å². The molecule has 38 heavy (non-hydrogen) atoms. The highest BCUT2D eigenvalue weighted by atomic mass is 32.2. The van der Waals surface area contributed by atoms with Crippen LogP contribution in [0.4, 0.5) is 8.78 Å². The topological polar surface area (TPSA) is 160 Å². The molecule has 3 fully saturated rings. The third-order valence-corrected chi connectivity index (χ3v) is 9.08. The second-order valence-electron chi connectivity index (χ2n) is 10.3. The fraction of sp³-hybridized carbons (Fsp3) is 0.833. The van der Waals surface area contributed by atoms with Crippen LogP contribution < -0.4 is 0 Å². The summed E-state index contributed by atoms with van der Waals surface area (Å²) in [6.45, 7) is 4.48. The summed E-state index contributed by atoms with van der Waals surface area (Å²) >= 11 is 0. The van der Waals surface area contributed by atoms with E-state index in [4.69, 9.17) is 18.8 Å². The molecule has 6 unspecified atom stereocenters. The highest BCUT2D eigenvalue weighted by molar-refractivity contribution is 7.86. The quantitative estimate of drug-likeness (QED) is 0.209. The van der Waals surface area contributed by atoms with Gasteiger partial charge in [-0.2, -0.15) is 17.2 Å². The van der Waals surface area contributed by atoms with Gasteiger partial charge in [0.05, 0.1) is 12.8 Å². The Hall–Kier alpha value is -2.35. The highest BCUT2D eigenvalue weighted by Gasteiger charge is 2.53. The summed E-state index contributed by atoms with van der Waals surface area (Å²) in [6, 6.07) is 0. The van der Waals surface area contributed by atoms with Crippen LogP contribution in [-0.2, 0) is 48.2 Å². The van der Waals surface area contributed by atoms with Crippen LogP contribution in [0.15, 0.2) is 0 Å². The molecular formula is C24H34F2O11S. The van der Waals surface area contributed by atoms with Gasteiger partial charge in [0.2, 0.25) is 12.2 Å². The molecule has 6 atom stereocenters. The third-order valence-electron chi connectivity index (χ3n) is 8.06. The first-order valence-corrected chi connectivity index (χ1v) is 14.2. The zero-order valence-electron chi connectivity index (χ0n) is 21.5. The van der Waals surface area contributed by atoms with Gasteiger partial charge < -0.3 is 18.9 Å². The van der Waals surface area contributed by atoms with Crippen molar-refractivity contribution >= 4 is 34.0 Å². The standard InChI is InChI=1S/C24H34F2O11S/c1-4-23(5-2,16-11-14-6-7-15(16)10-14)37-22(30)18-12-17(21(29)36-18)35-20(28)9-8-19(27)34-13(3)24(25,26)38(31,32)33/h13-18H,4-12H2,1-3H3,(H,31,32,33). The molecule has 0 spiro atoms. The first kappa shape index (κ1) is 30.2. The predicted octanol–water partition coefficient (Wildman–Crippen LogP) is 2.94. The van der Waals surface area contributed by atoms with Gasteiger partial charge in [-0.25, -0.2) is 9.59 Å². The van der Waals surface area contributed by atoms with Crippen molar-refractivity contribution in [3.8, 4) is 0 Å². The molecule has 1 heterocycles. The molecule has 3 rings (SSSR count). The van der Waals surface area contributed by atoms with Gasteiger partial charge in [0.25, 0.3) is 0 Å². The van der Waals surface area contributed by atoms with Crippen molar-refractivity contribution in [1.29, 1.82) is 0 Å². The molecule has 2 bridgehead atoms. The van der Waals surface area contributed by atoms with Gasteiger partial charge >= 0.3 is 39.2 Å². The molecule has 11 nitrogen and oxygen atoms in total. The lowest BCUT2D eigenvalue weighted by atomic mass is 9.73. The Morgan fingerprint density at radius 1 is 1.08 bits per heavy atom. The first-order chi connectivity index (χ1) is 17.6. The van der Waals surface area contributed by atoms with Crippen molar-refractivity contribution in [3.05, 3.63) is 0 Å². The minimum Gasteiger partial charge on any atom is -0.456 e. The minimum atomic E-state index is -5.83. The van der Waals surface area contributed by atoms with Crippen LogP contribution in [-0.4, -0.2) is 66.0 Å². The molecule has 0 amide bonds. The number of rotatable bonds is 12. The second-order valence-corrected chi connectivity index (χ2v) is 11.8. The SMILES string of the molecule is CCC(CC)(OC(=O)C1CC(OC(=O)CCC(=O)OC(C)C(F)(F)S(=O)(=O)O)C(=O)O1)C1CC2CCC1C2. The molecule has 0 aromatic rings. The summed E-state index contributed by atoms with van der Waals surface area (Å²) in [6.07, 6.45) is -1.24. The molecule has 0 aromatic heterocycles. The monoisotopic (exact) mass is 568 g/mol. The largest absolute Gasteiger partial charge is 0.456 e. The Balaban J connectivity index is 1.49. The number of ether oxygens (including phenoxy) is 4. The molecule has 2 aliphatic carbocycles. The Labute approximate surface area is 219 Å². The van der Waals surface area contributed by atoms with Gasteiger partial charge in [-0.3, -0.25) is 14.1 Å². The molecule has 1 saturated heterocycles. The van der Waals surface area contributed by atoms with Gasteiger partial charge in [-0.15, -0.1) is 0 Å². The van der Waals surface area contributed by atoms with Crippen LogP contribution in [0.5, 0.6) is 0 Å². The lowest BCUT2D eigenvalue weighted by molar-refractivity contribution is -0.183. The number of carbonyl (C=O) groups excluding carboxylic acids is 4. The molecule has 1 aliphatic heterocycles. The summed E-state index contributed by atoms with van der Waals surface area (Å²) in [5, 5.41) is -4.75. The van der Waals surface area contributed by atoms with Crippen molar-refractivity contribution in [1.82, 2.24) is 0 Å². The maximum atomic E-state index is 13.5. The van der Waals surface area contributed by atoms with Gasteiger partial charge in [-0.05, 0) is 50.9 Å². The van der Waals surface area contributed by atoms with Crippen LogP contribution in [0, 0.1) is 17.8 Å². The molecular weight excluding hydrogens is 534 g/mol. The summed E-state index contributed by atoms with van der Waals surface area (Å²) in [5.41, 5.74) is -0.665. The maximum Gasteiger partial charge on any atom is 0.405 e. The van der Waals surface area contributed by atoms with E-state index in [0.29, 0.717) is 31.6 Å². The number of alkyl halides is 2. The van der Waals surface area contributed by atoms with Gasteiger partial charge in [0, 0.05) is 12.3 Å². The Morgan fingerprint density at radius 2 is 1.71 bits per heavy atom. The molecule has 2 saturated carbocycles. The summed E-state index contributed by atoms with van der Waals surface area (Å²) in [7, 11) is -5.83.